The largest absolute Gasteiger partial charge is 0.497 e. The van der Waals surface area contributed by atoms with Crippen LogP contribution >= 0.6 is 15.9 Å². The topological polar surface area (TPSA) is 76.7 Å². The Labute approximate surface area is 161 Å². The van der Waals surface area contributed by atoms with Crippen LogP contribution in [0.1, 0.15) is 16.7 Å². The zero-order valence-electron chi connectivity index (χ0n) is 14.9. The molecule has 2 aromatic carbocycles. The predicted octanol–water partition coefficient (Wildman–Crippen LogP) is 2.84. The van der Waals surface area contributed by atoms with Gasteiger partial charge in [-0.05, 0) is 54.8 Å². The number of benzene rings is 2. The number of nitrogens with one attached hydrogen (secondary N) is 2. The van der Waals surface area contributed by atoms with E-state index in [4.69, 9.17) is 9.47 Å². The van der Waals surface area contributed by atoms with Crippen LogP contribution in [-0.4, -0.2) is 25.5 Å². The fourth-order valence-corrected chi connectivity index (χ4v) is 3.10. The van der Waals surface area contributed by atoms with E-state index in [1.165, 1.54) is 0 Å². The molecular formula is C19H21BrN2O4. The lowest BCUT2D eigenvalue weighted by Crippen LogP contribution is -2.44. The molecule has 7 heteroatoms. The van der Waals surface area contributed by atoms with Gasteiger partial charge < -0.3 is 9.47 Å². The van der Waals surface area contributed by atoms with Crippen LogP contribution in [0.3, 0.4) is 0 Å². The second-order valence-corrected chi connectivity index (χ2v) is 6.69. The SMILES string of the molecule is COc1ccc(CC(=O)NNC(=O)COc2c(C)cc(Br)cc2C)cc1. The molecular weight excluding hydrogens is 400 g/mol. The minimum Gasteiger partial charge on any atom is -0.497 e. The molecule has 0 aliphatic carbocycles. The summed E-state index contributed by atoms with van der Waals surface area (Å²) < 4.78 is 11.6. The van der Waals surface area contributed by atoms with E-state index in [1.54, 1.807) is 31.4 Å². The van der Waals surface area contributed by atoms with Gasteiger partial charge in [-0.25, -0.2) is 0 Å². The Morgan fingerprint density at radius 1 is 1.00 bits per heavy atom. The number of methoxy groups -OCH3 is 1. The Bertz CT molecular complexity index is 768. The van der Waals surface area contributed by atoms with Gasteiger partial charge >= 0.3 is 0 Å². The van der Waals surface area contributed by atoms with E-state index in [1.807, 2.05) is 26.0 Å². The van der Waals surface area contributed by atoms with E-state index >= 15 is 0 Å². The van der Waals surface area contributed by atoms with Gasteiger partial charge in [0.15, 0.2) is 6.61 Å². The van der Waals surface area contributed by atoms with Gasteiger partial charge in [0.05, 0.1) is 13.5 Å². The van der Waals surface area contributed by atoms with E-state index in [2.05, 4.69) is 26.8 Å². The highest BCUT2D eigenvalue weighted by atomic mass is 79.9. The van der Waals surface area contributed by atoms with Crippen molar-refractivity contribution in [1.29, 1.82) is 0 Å². The standard InChI is InChI=1S/C19H21BrN2O4/c1-12-8-15(20)9-13(2)19(12)26-11-18(24)22-21-17(23)10-14-4-6-16(25-3)7-5-14/h4-9H,10-11H2,1-3H3,(H,21,23)(H,22,24). The lowest BCUT2D eigenvalue weighted by Gasteiger charge is -2.13. The fourth-order valence-electron chi connectivity index (χ4n) is 2.41. The van der Waals surface area contributed by atoms with Crippen LogP contribution in [0.25, 0.3) is 0 Å². The molecule has 0 fully saturated rings. The molecule has 0 saturated heterocycles. The molecule has 6 nitrogen and oxygen atoms in total. The molecule has 138 valence electrons. The molecule has 2 rings (SSSR count). The van der Waals surface area contributed by atoms with Crippen LogP contribution in [0, 0.1) is 13.8 Å². The average molecular weight is 421 g/mol. The van der Waals surface area contributed by atoms with Crippen LogP contribution in [0.15, 0.2) is 40.9 Å². The highest BCUT2D eigenvalue weighted by molar-refractivity contribution is 9.10. The van der Waals surface area contributed by atoms with E-state index in [-0.39, 0.29) is 18.9 Å². The molecule has 26 heavy (non-hydrogen) atoms. The summed E-state index contributed by atoms with van der Waals surface area (Å²) in [4.78, 5) is 23.8. The lowest BCUT2D eigenvalue weighted by atomic mass is 10.1. The number of carbonyl (C=O) groups is 2. The maximum atomic E-state index is 11.9. The van der Waals surface area contributed by atoms with Gasteiger partial charge in [-0.1, -0.05) is 28.1 Å². The highest BCUT2D eigenvalue weighted by Gasteiger charge is 2.10. The third kappa shape index (κ3) is 5.77. The van der Waals surface area contributed by atoms with E-state index in [0.29, 0.717) is 5.75 Å². The number of amides is 2. The summed E-state index contributed by atoms with van der Waals surface area (Å²) in [7, 11) is 1.58. The molecule has 0 heterocycles. The lowest BCUT2D eigenvalue weighted by molar-refractivity contribution is -0.129. The predicted molar refractivity (Wildman–Crippen MR) is 102 cm³/mol. The third-order valence-corrected chi connectivity index (χ3v) is 4.10. The van der Waals surface area contributed by atoms with Crippen LogP contribution in [0.5, 0.6) is 11.5 Å². The van der Waals surface area contributed by atoms with Crippen molar-refractivity contribution in [2.75, 3.05) is 13.7 Å². The first-order valence-electron chi connectivity index (χ1n) is 7.99. The van der Waals surface area contributed by atoms with Gasteiger partial charge in [0.2, 0.25) is 5.91 Å². The van der Waals surface area contributed by atoms with Crippen LogP contribution in [0.4, 0.5) is 0 Å². The van der Waals surface area contributed by atoms with Crippen molar-refractivity contribution in [2.24, 2.45) is 0 Å². The summed E-state index contributed by atoms with van der Waals surface area (Å²) in [6, 6.07) is 11.0. The van der Waals surface area contributed by atoms with Crippen molar-refractivity contribution in [3.05, 3.63) is 57.6 Å². The minimum atomic E-state index is -0.435. The first kappa shape index (κ1) is 19.8. The van der Waals surface area contributed by atoms with Gasteiger partial charge in [-0.15, -0.1) is 0 Å². The molecule has 0 bridgehead atoms. The number of hydrogen-bond acceptors (Lipinski definition) is 4. The molecule has 2 aromatic rings. The van der Waals surface area contributed by atoms with Crippen molar-refractivity contribution in [3.8, 4) is 11.5 Å². The molecule has 0 aromatic heterocycles. The van der Waals surface area contributed by atoms with Crippen molar-refractivity contribution < 1.29 is 19.1 Å². The summed E-state index contributed by atoms with van der Waals surface area (Å²) in [5.41, 5.74) is 7.39. The van der Waals surface area contributed by atoms with Crippen LogP contribution in [-0.2, 0) is 16.0 Å². The normalized spacial score (nSPS) is 10.2. The number of halogens is 1. The first-order valence-corrected chi connectivity index (χ1v) is 8.78. The van der Waals surface area contributed by atoms with Gasteiger partial charge in [0.25, 0.3) is 5.91 Å². The molecule has 0 radical (unpaired) electrons. The van der Waals surface area contributed by atoms with E-state index in [9.17, 15) is 9.59 Å². The van der Waals surface area contributed by atoms with Crippen molar-refractivity contribution in [1.82, 2.24) is 10.9 Å². The minimum absolute atomic E-state index is 0.149. The molecule has 0 atom stereocenters. The zero-order chi connectivity index (χ0) is 19.1. The summed E-state index contributed by atoms with van der Waals surface area (Å²) >= 11 is 3.41. The second-order valence-electron chi connectivity index (χ2n) is 5.78. The van der Waals surface area contributed by atoms with E-state index < -0.39 is 5.91 Å². The zero-order valence-corrected chi connectivity index (χ0v) is 16.5. The van der Waals surface area contributed by atoms with Gasteiger partial charge in [-0.3, -0.25) is 20.4 Å². The fraction of sp³-hybridized carbons (Fsp3) is 0.263. The molecule has 0 aliphatic heterocycles. The maximum absolute atomic E-state index is 11.9. The molecule has 0 saturated carbocycles. The summed E-state index contributed by atoms with van der Waals surface area (Å²) in [5, 5.41) is 0. The van der Waals surface area contributed by atoms with Crippen molar-refractivity contribution in [2.45, 2.75) is 20.3 Å². The Balaban J connectivity index is 1.78. The summed E-state index contributed by atoms with van der Waals surface area (Å²) in [6.45, 7) is 3.62. The average Bonchev–Trinajstić information content (AvgIpc) is 2.59. The molecule has 2 amide bonds. The van der Waals surface area contributed by atoms with Crippen molar-refractivity contribution >= 4 is 27.7 Å². The smallest absolute Gasteiger partial charge is 0.276 e. The maximum Gasteiger partial charge on any atom is 0.276 e. The Kier molecular flexibility index (Phi) is 7.03. The number of ether oxygens (including phenoxy) is 2. The molecule has 0 spiro atoms. The van der Waals surface area contributed by atoms with Crippen LogP contribution in [0.2, 0.25) is 0 Å². The number of aryl methyl sites for hydroxylation is 2. The molecule has 2 N–H and O–H groups in total. The Morgan fingerprint density at radius 2 is 1.58 bits per heavy atom. The highest BCUT2D eigenvalue weighted by Crippen LogP contribution is 2.27. The quantitative estimate of drug-likeness (QED) is 0.704. The summed E-state index contributed by atoms with van der Waals surface area (Å²) in [5.74, 6) is 0.625. The Morgan fingerprint density at radius 3 is 2.15 bits per heavy atom. The van der Waals surface area contributed by atoms with Gasteiger partial charge in [-0.2, -0.15) is 0 Å². The monoisotopic (exact) mass is 420 g/mol. The molecule has 0 unspecified atom stereocenters. The molecule has 0 aliphatic rings. The Hall–Kier alpha value is -2.54. The third-order valence-electron chi connectivity index (χ3n) is 3.64. The number of rotatable bonds is 6. The number of hydrazine groups is 1. The van der Waals surface area contributed by atoms with Crippen LogP contribution < -0.4 is 20.3 Å². The number of carbonyl (C=O) groups excluding carboxylic acids is 2. The first-order chi connectivity index (χ1) is 12.4. The van der Waals surface area contributed by atoms with Crippen molar-refractivity contribution in [3.63, 3.8) is 0 Å². The summed E-state index contributed by atoms with van der Waals surface area (Å²) in [6.07, 6.45) is 0.149. The van der Waals surface area contributed by atoms with E-state index in [0.717, 1.165) is 26.9 Å². The van der Waals surface area contributed by atoms with Gasteiger partial charge in [0, 0.05) is 4.47 Å². The second kappa shape index (κ2) is 9.24. The number of hydrogen-bond donors (Lipinski definition) is 2. The van der Waals surface area contributed by atoms with Gasteiger partial charge in [0.1, 0.15) is 11.5 Å².